The van der Waals surface area contributed by atoms with Crippen LogP contribution < -0.4 is 0 Å². The molecule has 4 heteroatoms. The van der Waals surface area contributed by atoms with E-state index >= 15 is 0 Å². The number of carbonyl (C=O) groups is 1. The van der Waals surface area contributed by atoms with Crippen LogP contribution in [0.2, 0.25) is 0 Å². The quantitative estimate of drug-likeness (QED) is 0.773. The number of aromatic nitrogens is 1. The Morgan fingerprint density at radius 1 is 1.65 bits per heavy atom. The fourth-order valence-electron chi connectivity index (χ4n) is 2.45. The zero-order chi connectivity index (χ0) is 12.3. The van der Waals surface area contributed by atoms with Gasteiger partial charge in [0.1, 0.15) is 5.69 Å². The molecule has 0 radical (unpaired) electrons. The van der Waals surface area contributed by atoms with Gasteiger partial charge in [0.2, 0.25) is 0 Å². The van der Waals surface area contributed by atoms with Crippen molar-refractivity contribution in [3.63, 3.8) is 0 Å². The Hall–Kier alpha value is -0.740. The highest BCUT2D eigenvalue weighted by atomic mass is 32.1. The van der Waals surface area contributed by atoms with Crippen molar-refractivity contribution in [3.05, 3.63) is 16.6 Å². The average Bonchev–Trinajstić information content (AvgIpc) is 2.82. The molecule has 1 aliphatic rings. The van der Waals surface area contributed by atoms with E-state index in [0.29, 0.717) is 24.1 Å². The molecule has 17 heavy (non-hydrogen) atoms. The molecule has 0 N–H and O–H groups in total. The average molecular weight is 252 g/mol. The number of ketones is 1. The van der Waals surface area contributed by atoms with Crippen LogP contribution in [0, 0.1) is 5.92 Å². The molecule has 0 aliphatic carbocycles. The zero-order valence-corrected chi connectivity index (χ0v) is 11.4. The van der Waals surface area contributed by atoms with Crippen LogP contribution in [-0.2, 0) is 0 Å². The Morgan fingerprint density at radius 2 is 2.47 bits per heavy atom. The van der Waals surface area contributed by atoms with Gasteiger partial charge in [-0.15, -0.1) is 11.3 Å². The van der Waals surface area contributed by atoms with Gasteiger partial charge in [0, 0.05) is 24.4 Å². The molecule has 2 rings (SSSR count). The number of Topliss-reactive ketones (excluding diaryl/α,β-unsaturated/α-hetero) is 1. The Morgan fingerprint density at radius 3 is 3.12 bits per heavy atom. The van der Waals surface area contributed by atoms with Crippen molar-refractivity contribution in [2.24, 2.45) is 5.92 Å². The summed E-state index contributed by atoms with van der Waals surface area (Å²) in [4.78, 5) is 18.5. The molecule has 1 aromatic rings. The minimum atomic E-state index is 0.210. The molecule has 94 valence electrons. The van der Waals surface area contributed by atoms with Gasteiger partial charge in [-0.3, -0.25) is 4.79 Å². The van der Waals surface area contributed by atoms with Crippen LogP contribution in [0.25, 0.3) is 0 Å². The van der Waals surface area contributed by atoms with Crippen molar-refractivity contribution in [1.82, 2.24) is 9.88 Å². The summed E-state index contributed by atoms with van der Waals surface area (Å²) < 4.78 is 0. The van der Waals surface area contributed by atoms with Crippen molar-refractivity contribution in [1.29, 1.82) is 0 Å². The van der Waals surface area contributed by atoms with E-state index in [1.54, 1.807) is 5.51 Å². The zero-order valence-electron chi connectivity index (χ0n) is 10.6. The third-order valence-electron chi connectivity index (χ3n) is 3.47. The SMILES string of the molecule is CC(C)N1CCC[C@@H](CC(=O)c2cscn2)C1. The second kappa shape index (κ2) is 5.74. The van der Waals surface area contributed by atoms with E-state index in [1.807, 2.05) is 5.38 Å². The number of thiazole rings is 1. The van der Waals surface area contributed by atoms with Crippen LogP contribution >= 0.6 is 11.3 Å². The molecule has 0 spiro atoms. The molecule has 3 nitrogen and oxygen atoms in total. The van der Waals surface area contributed by atoms with E-state index in [2.05, 4.69) is 23.7 Å². The lowest BCUT2D eigenvalue weighted by Crippen LogP contribution is -2.40. The van der Waals surface area contributed by atoms with E-state index < -0.39 is 0 Å². The number of piperidine rings is 1. The summed E-state index contributed by atoms with van der Waals surface area (Å²) in [6.45, 7) is 6.70. The van der Waals surface area contributed by atoms with Gasteiger partial charge in [-0.1, -0.05) is 0 Å². The monoisotopic (exact) mass is 252 g/mol. The highest BCUT2D eigenvalue weighted by molar-refractivity contribution is 7.07. The Kier molecular flexibility index (Phi) is 4.29. The molecule has 0 saturated carbocycles. The molecule has 0 bridgehead atoms. The molecule has 1 aliphatic heterocycles. The number of nitrogens with zero attached hydrogens (tertiary/aromatic N) is 2. The maximum atomic E-state index is 12.0. The van der Waals surface area contributed by atoms with Crippen molar-refractivity contribution >= 4 is 17.1 Å². The van der Waals surface area contributed by atoms with Crippen molar-refractivity contribution in [3.8, 4) is 0 Å². The van der Waals surface area contributed by atoms with E-state index in [1.165, 1.54) is 30.7 Å². The summed E-state index contributed by atoms with van der Waals surface area (Å²) in [6.07, 6.45) is 3.05. The molecule has 0 aromatic carbocycles. The molecule has 2 heterocycles. The van der Waals surface area contributed by atoms with Crippen LogP contribution in [-0.4, -0.2) is 34.8 Å². The summed E-state index contributed by atoms with van der Waals surface area (Å²) in [7, 11) is 0. The number of hydrogen-bond donors (Lipinski definition) is 0. The lowest BCUT2D eigenvalue weighted by Gasteiger charge is -2.35. The van der Waals surface area contributed by atoms with Gasteiger partial charge in [-0.05, 0) is 39.2 Å². The number of carbonyl (C=O) groups excluding carboxylic acids is 1. The number of rotatable bonds is 4. The van der Waals surface area contributed by atoms with E-state index in [-0.39, 0.29) is 5.78 Å². The van der Waals surface area contributed by atoms with E-state index in [9.17, 15) is 4.79 Å². The molecule has 1 fully saturated rings. The summed E-state index contributed by atoms with van der Waals surface area (Å²) in [5.74, 6) is 0.724. The van der Waals surface area contributed by atoms with E-state index in [0.717, 1.165) is 6.54 Å². The second-order valence-electron chi connectivity index (χ2n) is 5.10. The minimum absolute atomic E-state index is 0.210. The highest BCUT2D eigenvalue weighted by Crippen LogP contribution is 2.22. The standard InChI is InChI=1S/C13H20N2OS/c1-10(2)15-5-3-4-11(7-15)6-13(16)12-8-17-9-14-12/h8-11H,3-7H2,1-2H3/t11-/m0/s1. The first kappa shape index (κ1) is 12.7. The Labute approximate surface area is 107 Å². The lowest BCUT2D eigenvalue weighted by molar-refractivity contribution is 0.0886. The predicted octanol–water partition coefficient (Wildman–Crippen LogP) is 2.84. The molecule has 1 aromatic heterocycles. The third kappa shape index (κ3) is 3.36. The fourth-order valence-corrected chi connectivity index (χ4v) is 3.01. The van der Waals surface area contributed by atoms with Crippen molar-refractivity contribution in [2.45, 2.75) is 39.2 Å². The van der Waals surface area contributed by atoms with Gasteiger partial charge in [-0.2, -0.15) is 0 Å². The topological polar surface area (TPSA) is 33.2 Å². The Balaban J connectivity index is 1.89. The van der Waals surface area contributed by atoms with Crippen LogP contribution in [0.15, 0.2) is 10.9 Å². The third-order valence-corrected chi connectivity index (χ3v) is 4.06. The largest absolute Gasteiger partial charge is 0.301 e. The molecule has 0 unspecified atom stereocenters. The first-order valence-corrected chi connectivity index (χ1v) is 7.26. The van der Waals surface area contributed by atoms with Crippen LogP contribution in [0.5, 0.6) is 0 Å². The second-order valence-corrected chi connectivity index (χ2v) is 5.82. The van der Waals surface area contributed by atoms with Crippen LogP contribution in [0.4, 0.5) is 0 Å². The summed E-state index contributed by atoms with van der Waals surface area (Å²) >= 11 is 1.49. The number of likely N-dealkylation sites (tertiary alicyclic amines) is 1. The van der Waals surface area contributed by atoms with Gasteiger partial charge >= 0.3 is 0 Å². The summed E-state index contributed by atoms with van der Waals surface area (Å²) in [5.41, 5.74) is 2.38. The molecule has 1 saturated heterocycles. The van der Waals surface area contributed by atoms with Crippen LogP contribution in [0.1, 0.15) is 43.6 Å². The van der Waals surface area contributed by atoms with Crippen molar-refractivity contribution < 1.29 is 4.79 Å². The first-order chi connectivity index (χ1) is 8.16. The molecule has 0 amide bonds. The Bertz CT molecular complexity index is 362. The fraction of sp³-hybridized carbons (Fsp3) is 0.692. The van der Waals surface area contributed by atoms with Gasteiger partial charge < -0.3 is 4.90 Å². The maximum absolute atomic E-state index is 12.0. The van der Waals surface area contributed by atoms with Gasteiger partial charge in [0.15, 0.2) is 5.78 Å². The predicted molar refractivity (Wildman–Crippen MR) is 70.5 cm³/mol. The normalized spacial score (nSPS) is 21.9. The number of hydrogen-bond acceptors (Lipinski definition) is 4. The summed E-state index contributed by atoms with van der Waals surface area (Å²) in [5, 5.41) is 1.85. The van der Waals surface area contributed by atoms with E-state index in [4.69, 9.17) is 0 Å². The minimum Gasteiger partial charge on any atom is -0.301 e. The van der Waals surface area contributed by atoms with Gasteiger partial charge in [0.25, 0.3) is 0 Å². The summed E-state index contributed by atoms with van der Waals surface area (Å²) in [6, 6.07) is 0.590. The highest BCUT2D eigenvalue weighted by Gasteiger charge is 2.24. The van der Waals surface area contributed by atoms with Crippen molar-refractivity contribution in [2.75, 3.05) is 13.1 Å². The lowest BCUT2D eigenvalue weighted by atomic mass is 9.91. The molecule has 1 atom stereocenters. The molecular formula is C13H20N2OS. The maximum Gasteiger partial charge on any atom is 0.182 e. The molecular weight excluding hydrogens is 232 g/mol. The van der Waals surface area contributed by atoms with Gasteiger partial charge in [-0.25, -0.2) is 4.98 Å². The first-order valence-electron chi connectivity index (χ1n) is 6.32. The van der Waals surface area contributed by atoms with Gasteiger partial charge in [0.05, 0.1) is 5.51 Å². The van der Waals surface area contributed by atoms with Crippen LogP contribution in [0.3, 0.4) is 0 Å². The smallest absolute Gasteiger partial charge is 0.182 e.